The van der Waals surface area contributed by atoms with Crippen molar-refractivity contribution in [3.05, 3.63) is 35.7 Å². The normalized spacial score (nSPS) is 10.1. The van der Waals surface area contributed by atoms with Gasteiger partial charge in [0.25, 0.3) is 0 Å². The molecule has 1 heterocycles. The average molecular weight is 230 g/mol. The van der Waals surface area contributed by atoms with E-state index in [2.05, 4.69) is 16.2 Å². The smallest absolute Gasteiger partial charge is 0.190 e. The second-order valence-electron chi connectivity index (χ2n) is 3.36. The third-order valence-corrected chi connectivity index (χ3v) is 3.24. The monoisotopic (exact) mass is 230 g/mol. The molecule has 0 saturated carbocycles. The SMILES string of the molecule is Cc1cc(Sc2ncnn2C)ccc1C#N. The average Bonchev–Trinajstić information content (AvgIpc) is 2.65. The van der Waals surface area contributed by atoms with Gasteiger partial charge in [-0.2, -0.15) is 10.4 Å². The Bertz CT molecular complexity index is 553. The van der Waals surface area contributed by atoms with Crippen LogP contribution < -0.4 is 0 Å². The van der Waals surface area contributed by atoms with Crippen molar-refractivity contribution < 1.29 is 0 Å². The largest absolute Gasteiger partial charge is 0.244 e. The molecule has 1 aromatic carbocycles. The summed E-state index contributed by atoms with van der Waals surface area (Å²) in [5.41, 5.74) is 1.69. The van der Waals surface area contributed by atoms with Gasteiger partial charge in [0.15, 0.2) is 5.16 Å². The molecule has 0 unspecified atom stereocenters. The van der Waals surface area contributed by atoms with Crippen molar-refractivity contribution in [2.45, 2.75) is 17.0 Å². The van der Waals surface area contributed by atoms with Crippen molar-refractivity contribution >= 4 is 11.8 Å². The van der Waals surface area contributed by atoms with Crippen molar-refractivity contribution in [2.24, 2.45) is 7.05 Å². The predicted molar refractivity (Wildman–Crippen MR) is 61.0 cm³/mol. The molecule has 0 spiro atoms. The lowest BCUT2D eigenvalue weighted by Gasteiger charge is -2.02. The van der Waals surface area contributed by atoms with Gasteiger partial charge < -0.3 is 0 Å². The fraction of sp³-hybridized carbons (Fsp3) is 0.182. The molecule has 0 N–H and O–H groups in total. The lowest BCUT2D eigenvalue weighted by Crippen LogP contribution is -1.92. The number of hydrogen-bond donors (Lipinski definition) is 0. The van der Waals surface area contributed by atoms with Gasteiger partial charge in [-0.3, -0.25) is 0 Å². The lowest BCUT2D eigenvalue weighted by molar-refractivity contribution is 0.685. The zero-order valence-corrected chi connectivity index (χ0v) is 9.82. The Morgan fingerprint density at radius 1 is 1.44 bits per heavy atom. The van der Waals surface area contributed by atoms with Gasteiger partial charge in [-0.25, -0.2) is 9.67 Å². The highest BCUT2D eigenvalue weighted by molar-refractivity contribution is 7.99. The summed E-state index contributed by atoms with van der Waals surface area (Å²) in [5, 5.41) is 13.7. The minimum absolute atomic E-state index is 0.710. The van der Waals surface area contributed by atoms with Gasteiger partial charge in [0, 0.05) is 11.9 Å². The van der Waals surface area contributed by atoms with E-state index in [9.17, 15) is 0 Å². The van der Waals surface area contributed by atoms with Crippen molar-refractivity contribution in [1.82, 2.24) is 14.8 Å². The Hall–Kier alpha value is -1.80. The summed E-state index contributed by atoms with van der Waals surface area (Å²) in [6.07, 6.45) is 1.53. The summed E-state index contributed by atoms with van der Waals surface area (Å²) in [4.78, 5) is 5.20. The quantitative estimate of drug-likeness (QED) is 0.793. The first-order valence-electron chi connectivity index (χ1n) is 4.73. The van der Waals surface area contributed by atoms with E-state index in [-0.39, 0.29) is 0 Å². The molecule has 80 valence electrons. The second-order valence-corrected chi connectivity index (χ2v) is 4.40. The van der Waals surface area contributed by atoms with Crippen molar-refractivity contribution in [1.29, 1.82) is 5.26 Å². The van der Waals surface area contributed by atoms with Gasteiger partial charge in [-0.1, -0.05) is 11.8 Å². The third-order valence-electron chi connectivity index (χ3n) is 2.20. The highest BCUT2D eigenvalue weighted by atomic mass is 32.2. The van der Waals surface area contributed by atoms with Crippen LogP contribution in [-0.4, -0.2) is 14.8 Å². The molecule has 2 aromatic rings. The summed E-state index contributed by atoms with van der Waals surface area (Å²) in [6, 6.07) is 7.88. The lowest BCUT2D eigenvalue weighted by atomic mass is 10.1. The van der Waals surface area contributed by atoms with Crippen molar-refractivity contribution in [3.63, 3.8) is 0 Å². The third kappa shape index (κ3) is 2.07. The van der Waals surface area contributed by atoms with Gasteiger partial charge in [-0.15, -0.1) is 0 Å². The van der Waals surface area contributed by atoms with Crippen LogP contribution in [0.3, 0.4) is 0 Å². The number of rotatable bonds is 2. The molecule has 0 radical (unpaired) electrons. The van der Waals surface area contributed by atoms with Crippen LogP contribution in [0.1, 0.15) is 11.1 Å². The Morgan fingerprint density at radius 2 is 2.25 bits per heavy atom. The molecule has 5 heteroatoms. The van der Waals surface area contributed by atoms with E-state index in [0.29, 0.717) is 5.56 Å². The highest BCUT2D eigenvalue weighted by Gasteiger charge is 2.05. The van der Waals surface area contributed by atoms with Crippen LogP contribution in [0, 0.1) is 18.3 Å². The predicted octanol–water partition coefficient (Wildman–Crippen LogP) is 2.15. The van der Waals surface area contributed by atoms with Crippen molar-refractivity contribution in [3.8, 4) is 6.07 Å². The van der Waals surface area contributed by atoms with Gasteiger partial charge >= 0.3 is 0 Å². The zero-order chi connectivity index (χ0) is 11.5. The molecule has 4 nitrogen and oxygen atoms in total. The van der Waals surface area contributed by atoms with E-state index in [4.69, 9.17) is 5.26 Å². The molecular weight excluding hydrogens is 220 g/mol. The standard InChI is InChI=1S/C11H10N4S/c1-8-5-10(4-3-9(8)6-12)16-11-13-7-14-15(11)2/h3-5,7H,1-2H3. The first-order chi connectivity index (χ1) is 7.70. The fourth-order valence-electron chi connectivity index (χ4n) is 1.31. The maximum atomic E-state index is 8.83. The van der Waals surface area contributed by atoms with E-state index >= 15 is 0 Å². The molecule has 0 aliphatic heterocycles. The topological polar surface area (TPSA) is 54.5 Å². The molecule has 0 bridgehead atoms. The minimum atomic E-state index is 0.710. The first kappa shape index (κ1) is 10.7. The summed E-state index contributed by atoms with van der Waals surface area (Å²) in [7, 11) is 1.85. The Balaban J connectivity index is 2.27. The Labute approximate surface area is 97.9 Å². The van der Waals surface area contributed by atoms with Crippen LogP contribution in [0.2, 0.25) is 0 Å². The number of benzene rings is 1. The fourth-order valence-corrected chi connectivity index (χ4v) is 2.17. The molecule has 0 aliphatic carbocycles. The Morgan fingerprint density at radius 3 is 2.81 bits per heavy atom. The van der Waals surface area contributed by atoms with Gasteiger partial charge in [0.05, 0.1) is 11.6 Å². The van der Waals surface area contributed by atoms with Crippen LogP contribution in [0.25, 0.3) is 0 Å². The summed E-state index contributed by atoms with van der Waals surface area (Å²) in [6.45, 7) is 1.93. The number of nitriles is 1. The van der Waals surface area contributed by atoms with Crippen molar-refractivity contribution in [2.75, 3.05) is 0 Å². The van der Waals surface area contributed by atoms with E-state index in [0.717, 1.165) is 15.6 Å². The van der Waals surface area contributed by atoms with Gasteiger partial charge in [-0.05, 0) is 30.7 Å². The summed E-state index contributed by atoms with van der Waals surface area (Å²) in [5.74, 6) is 0. The molecule has 0 aliphatic rings. The Kier molecular flexibility index (Phi) is 2.93. The zero-order valence-electron chi connectivity index (χ0n) is 9.01. The first-order valence-corrected chi connectivity index (χ1v) is 5.55. The molecule has 16 heavy (non-hydrogen) atoms. The maximum absolute atomic E-state index is 8.83. The molecule has 2 rings (SSSR count). The van der Waals surface area contributed by atoms with Gasteiger partial charge in [0.1, 0.15) is 6.33 Å². The van der Waals surface area contributed by atoms with E-state index in [1.807, 2.05) is 32.2 Å². The van der Waals surface area contributed by atoms with E-state index < -0.39 is 0 Å². The molecule has 1 aromatic heterocycles. The van der Waals surface area contributed by atoms with Crippen LogP contribution >= 0.6 is 11.8 Å². The molecule has 0 amide bonds. The van der Waals surface area contributed by atoms with Crippen LogP contribution in [0.15, 0.2) is 34.6 Å². The second kappa shape index (κ2) is 4.37. The number of aryl methyl sites for hydroxylation is 2. The molecule has 0 atom stereocenters. The van der Waals surface area contributed by atoms with Crippen LogP contribution in [-0.2, 0) is 7.05 Å². The number of hydrogen-bond acceptors (Lipinski definition) is 4. The summed E-state index contributed by atoms with van der Waals surface area (Å²) >= 11 is 1.53. The van der Waals surface area contributed by atoms with Crippen LogP contribution in [0.4, 0.5) is 0 Å². The van der Waals surface area contributed by atoms with E-state index in [1.165, 1.54) is 18.1 Å². The highest BCUT2D eigenvalue weighted by Crippen LogP contribution is 2.26. The minimum Gasteiger partial charge on any atom is -0.244 e. The van der Waals surface area contributed by atoms with Crippen LogP contribution in [0.5, 0.6) is 0 Å². The maximum Gasteiger partial charge on any atom is 0.190 e. The van der Waals surface area contributed by atoms with Gasteiger partial charge in [0.2, 0.25) is 0 Å². The molecule has 0 fully saturated rings. The molecule has 0 saturated heterocycles. The molecular formula is C11H10N4S. The van der Waals surface area contributed by atoms with E-state index in [1.54, 1.807) is 4.68 Å². The number of nitrogens with zero attached hydrogens (tertiary/aromatic N) is 4. The summed E-state index contributed by atoms with van der Waals surface area (Å²) < 4.78 is 1.72. The number of aromatic nitrogens is 3.